The quantitative estimate of drug-likeness (QED) is 0.317. The van der Waals surface area contributed by atoms with Gasteiger partial charge in [0.15, 0.2) is 5.65 Å². The molecule has 0 saturated carbocycles. The third kappa shape index (κ3) is 5.38. The molecule has 9 nitrogen and oxygen atoms in total. The second-order valence-corrected chi connectivity index (χ2v) is 11.3. The van der Waals surface area contributed by atoms with Crippen LogP contribution in [-0.4, -0.2) is 63.9 Å². The minimum Gasteiger partial charge on any atom is -0.495 e. The molecule has 220 valence electrons. The lowest BCUT2D eigenvalue weighted by molar-refractivity contribution is 0.0218. The number of ether oxygens (including phenoxy) is 2. The number of nitrogens with zero attached hydrogens (tertiary/aromatic N) is 5. The van der Waals surface area contributed by atoms with Gasteiger partial charge in [-0.3, -0.25) is 0 Å². The lowest BCUT2D eigenvalue weighted by atomic mass is 10.1. The number of hydrogen-bond donors (Lipinski definition) is 0. The molecular formula is C31H33F2N5O4. The second-order valence-electron chi connectivity index (χ2n) is 11.3. The minimum atomic E-state index is -0.766. The van der Waals surface area contributed by atoms with E-state index in [-0.39, 0.29) is 34.2 Å². The number of hydrogen-bond acceptors (Lipinski definition) is 7. The van der Waals surface area contributed by atoms with Crippen molar-refractivity contribution in [1.82, 2.24) is 19.4 Å². The number of methoxy groups -OCH3 is 1. The standard InChI is InChI=1S/C31H33F2N5O4/c1-18-10-9-13-24(41-6)26(18)38-28-21(16-23(33)25(34-28)20-11-7-8-12-22(20)32)27(35-29(38)39)37-15-14-36(17-19(37)2)30(40)42-31(3,4)5/h7-13,16,19H,14-15,17H2,1-6H3/t19-/m0/s1. The number of aryl methyl sites for hydroxylation is 1. The number of benzene rings is 2. The van der Waals surface area contributed by atoms with E-state index >= 15 is 4.39 Å². The third-order valence-corrected chi connectivity index (χ3v) is 7.13. The van der Waals surface area contributed by atoms with Crippen LogP contribution in [0.2, 0.25) is 0 Å². The predicted molar refractivity (Wildman–Crippen MR) is 156 cm³/mol. The van der Waals surface area contributed by atoms with Gasteiger partial charge >= 0.3 is 11.8 Å². The van der Waals surface area contributed by atoms with E-state index in [1.165, 1.54) is 35.9 Å². The first-order valence-corrected chi connectivity index (χ1v) is 13.7. The van der Waals surface area contributed by atoms with Gasteiger partial charge in [0.2, 0.25) is 0 Å². The normalized spacial score (nSPS) is 15.7. The van der Waals surface area contributed by atoms with Crippen molar-refractivity contribution < 1.29 is 23.0 Å². The second kappa shape index (κ2) is 11.0. The van der Waals surface area contributed by atoms with Crippen molar-refractivity contribution in [2.24, 2.45) is 0 Å². The zero-order valence-corrected chi connectivity index (χ0v) is 24.4. The number of aromatic nitrogens is 3. The number of carbonyl (C=O) groups excluding carboxylic acids is 1. The summed E-state index contributed by atoms with van der Waals surface area (Å²) in [6, 6.07) is 12.0. The molecule has 1 aliphatic rings. The van der Waals surface area contributed by atoms with Crippen molar-refractivity contribution >= 4 is 22.9 Å². The predicted octanol–water partition coefficient (Wildman–Crippen LogP) is 5.49. The van der Waals surface area contributed by atoms with Crippen LogP contribution >= 0.6 is 0 Å². The summed E-state index contributed by atoms with van der Waals surface area (Å²) < 4.78 is 42.9. The Morgan fingerprint density at radius 3 is 2.43 bits per heavy atom. The molecule has 4 aromatic rings. The van der Waals surface area contributed by atoms with Gasteiger partial charge in [-0.2, -0.15) is 4.98 Å². The van der Waals surface area contributed by atoms with Gasteiger partial charge in [-0.1, -0.05) is 24.3 Å². The molecule has 0 aliphatic carbocycles. The molecular weight excluding hydrogens is 544 g/mol. The summed E-state index contributed by atoms with van der Waals surface area (Å²) in [7, 11) is 1.48. The van der Waals surface area contributed by atoms with Crippen molar-refractivity contribution in [3.8, 4) is 22.7 Å². The Morgan fingerprint density at radius 1 is 1.02 bits per heavy atom. The van der Waals surface area contributed by atoms with Gasteiger partial charge in [0.25, 0.3) is 0 Å². The van der Waals surface area contributed by atoms with Gasteiger partial charge in [-0.25, -0.2) is 27.9 Å². The molecule has 1 atom stereocenters. The highest BCUT2D eigenvalue weighted by atomic mass is 19.1. The summed E-state index contributed by atoms with van der Waals surface area (Å²) in [6.45, 7) is 10.0. The topological polar surface area (TPSA) is 89.8 Å². The van der Waals surface area contributed by atoms with E-state index in [0.717, 1.165) is 0 Å². The molecule has 1 amide bonds. The number of piperazine rings is 1. The van der Waals surface area contributed by atoms with E-state index in [4.69, 9.17) is 9.47 Å². The fourth-order valence-corrected chi connectivity index (χ4v) is 5.22. The average molecular weight is 578 g/mol. The van der Waals surface area contributed by atoms with Crippen molar-refractivity contribution in [2.75, 3.05) is 31.6 Å². The molecule has 1 aliphatic heterocycles. The van der Waals surface area contributed by atoms with Gasteiger partial charge in [-0.15, -0.1) is 0 Å². The molecule has 1 fully saturated rings. The number of carbonyl (C=O) groups is 1. The zero-order chi connectivity index (χ0) is 30.3. The van der Waals surface area contributed by atoms with Crippen molar-refractivity contribution in [3.63, 3.8) is 0 Å². The van der Waals surface area contributed by atoms with Gasteiger partial charge in [0.1, 0.15) is 34.5 Å². The minimum absolute atomic E-state index is 0.0367. The highest BCUT2D eigenvalue weighted by Gasteiger charge is 2.33. The highest BCUT2D eigenvalue weighted by Crippen LogP contribution is 2.34. The Labute approximate surface area is 242 Å². The van der Waals surface area contributed by atoms with Gasteiger partial charge in [0, 0.05) is 31.2 Å². The Hall–Kier alpha value is -4.54. The summed E-state index contributed by atoms with van der Waals surface area (Å²) in [5.74, 6) is -0.795. The molecule has 11 heteroatoms. The molecule has 42 heavy (non-hydrogen) atoms. The molecule has 1 saturated heterocycles. The van der Waals surface area contributed by atoms with Crippen LogP contribution in [0.1, 0.15) is 33.3 Å². The summed E-state index contributed by atoms with van der Waals surface area (Å²) in [5.41, 5.74) is -0.383. The van der Waals surface area contributed by atoms with Gasteiger partial charge in [0.05, 0.1) is 18.2 Å². The van der Waals surface area contributed by atoms with Gasteiger partial charge < -0.3 is 19.3 Å². The summed E-state index contributed by atoms with van der Waals surface area (Å²) in [5, 5.41) is 0.259. The maximum Gasteiger partial charge on any atom is 0.410 e. The number of rotatable bonds is 4. The zero-order valence-electron chi connectivity index (χ0n) is 24.4. The van der Waals surface area contributed by atoms with Crippen LogP contribution < -0.4 is 15.3 Å². The molecule has 3 heterocycles. The fourth-order valence-electron chi connectivity index (χ4n) is 5.22. The maximum atomic E-state index is 15.8. The van der Waals surface area contributed by atoms with E-state index < -0.39 is 29.0 Å². The Bertz CT molecular complexity index is 1730. The lowest BCUT2D eigenvalue weighted by Crippen LogP contribution is -2.55. The number of pyridine rings is 1. The number of fused-ring (bicyclic) bond motifs is 1. The van der Waals surface area contributed by atoms with E-state index in [1.54, 1.807) is 43.9 Å². The first-order valence-electron chi connectivity index (χ1n) is 13.7. The lowest BCUT2D eigenvalue weighted by Gasteiger charge is -2.41. The summed E-state index contributed by atoms with van der Waals surface area (Å²) in [6.07, 6.45) is -0.434. The van der Waals surface area contributed by atoms with Crippen LogP contribution in [-0.2, 0) is 4.74 Å². The van der Waals surface area contributed by atoms with Crippen LogP contribution in [0.4, 0.5) is 19.4 Å². The molecule has 2 aromatic carbocycles. The van der Waals surface area contributed by atoms with Crippen LogP contribution in [0.5, 0.6) is 5.75 Å². The first-order chi connectivity index (χ1) is 19.9. The Balaban J connectivity index is 1.70. The van der Waals surface area contributed by atoms with E-state index in [1.807, 2.05) is 24.8 Å². The van der Waals surface area contributed by atoms with E-state index in [9.17, 15) is 14.0 Å². The van der Waals surface area contributed by atoms with E-state index in [2.05, 4.69) is 9.97 Å². The smallest absolute Gasteiger partial charge is 0.410 e. The average Bonchev–Trinajstić information content (AvgIpc) is 2.92. The Morgan fingerprint density at radius 2 is 1.76 bits per heavy atom. The summed E-state index contributed by atoms with van der Waals surface area (Å²) >= 11 is 0. The molecule has 0 N–H and O–H groups in total. The summed E-state index contributed by atoms with van der Waals surface area (Å²) in [4.78, 5) is 39.0. The first kappa shape index (κ1) is 29.0. The molecule has 0 bridgehead atoms. The van der Waals surface area contributed by atoms with Crippen LogP contribution in [0, 0.1) is 18.6 Å². The molecule has 2 aromatic heterocycles. The van der Waals surface area contributed by atoms with Crippen LogP contribution in [0.3, 0.4) is 0 Å². The van der Waals surface area contributed by atoms with Gasteiger partial charge in [-0.05, 0) is 64.4 Å². The van der Waals surface area contributed by atoms with Crippen LogP contribution in [0.25, 0.3) is 28.0 Å². The molecule has 0 unspecified atom stereocenters. The molecule has 0 spiro atoms. The van der Waals surface area contributed by atoms with Crippen molar-refractivity contribution in [1.29, 1.82) is 0 Å². The van der Waals surface area contributed by atoms with Crippen molar-refractivity contribution in [2.45, 2.75) is 46.3 Å². The molecule has 5 rings (SSSR count). The van der Waals surface area contributed by atoms with Crippen LogP contribution in [0.15, 0.2) is 53.3 Å². The number of anilines is 1. The largest absolute Gasteiger partial charge is 0.495 e. The maximum absolute atomic E-state index is 15.8. The van der Waals surface area contributed by atoms with E-state index in [0.29, 0.717) is 36.6 Å². The highest BCUT2D eigenvalue weighted by molar-refractivity contribution is 5.91. The van der Waals surface area contributed by atoms with Crippen molar-refractivity contribution in [3.05, 3.63) is 76.2 Å². The number of para-hydroxylation sites is 1. The monoisotopic (exact) mass is 577 g/mol. The number of amides is 1. The number of halogens is 2. The SMILES string of the molecule is COc1cccc(C)c1-n1c(=O)nc(N2CCN(C(=O)OC(C)(C)C)C[C@@H]2C)c2cc(F)c(-c3ccccc3F)nc21. The third-order valence-electron chi connectivity index (χ3n) is 7.13. The Kier molecular flexibility index (Phi) is 7.61. The fraction of sp³-hybridized carbons (Fsp3) is 0.355. The molecule has 0 radical (unpaired) electrons.